The van der Waals surface area contributed by atoms with Crippen molar-refractivity contribution in [3.63, 3.8) is 0 Å². The Morgan fingerprint density at radius 3 is 2.31 bits per heavy atom. The molecule has 0 amide bonds. The van der Waals surface area contributed by atoms with Gasteiger partial charge in [0.1, 0.15) is 12.2 Å². The highest BCUT2D eigenvalue weighted by Gasteiger charge is 2.46. The molecule has 0 aliphatic carbocycles. The van der Waals surface area contributed by atoms with E-state index in [9.17, 15) is 14.7 Å². The van der Waals surface area contributed by atoms with Crippen LogP contribution in [0.5, 0.6) is 0 Å². The monoisotopic (exact) mass is 233 g/mol. The number of rotatable bonds is 2. The standard InChI is InChI=1S/C6H8O6.C3H6O/c7-1-2(8)5-3(9)4(10)6(11)12-5;1-3(2)4/h1-5,8-10H;4H,1H2,2H3/p-1/t2-,3+,4-,5+;/m0./s1. The molecule has 0 aromatic heterocycles. The number of cyclic esters (lactones) is 1. The Bertz CT molecular complexity index is 271. The topological polar surface area (TPSA) is 127 Å². The molecule has 16 heavy (non-hydrogen) atoms. The first-order valence-corrected chi connectivity index (χ1v) is 4.33. The van der Waals surface area contributed by atoms with E-state index in [0.717, 1.165) is 0 Å². The summed E-state index contributed by atoms with van der Waals surface area (Å²) in [6.07, 6.45) is -6.05. The van der Waals surface area contributed by atoms with Crippen LogP contribution in [0, 0.1) is 0 Å². The van der Waals surface area contributed by atoms with E-state index in [1.807, 2.05) is 0 Å². The fourth-order valence-corrected chi connectivity index (χ4v) is 0.942. The zero-order chi connectivity index (χ0) is 12.9. The molecule has 0 aromatic carbocycles. The molecule has 3 N–H and O–H groups in total. The summed E-state index contributed by atoms with van der Waals surface area (Å²) >= 11 is 0. The van der Waals surface area contributed by atoms with E-state index in [2.05, 4.69) is 11.3 Å². The molecule has 92 valence electrons. The number of carbonyl (C=O) groups excluding carboxylic acids is 2. The van der Waals surface area contributed by atoms with Crippen LogP contribution in [-0.2, 0) is 14.3 Å². The van der Waals surface area contributed by atoms with E-state index in [-0.39, 0.29) is 12.0 Å². The number of allylic oxidation sites excluding steroid dienone is 1. The summed E-state index contributed by atoms with van der Waals surface area (Å²) in [5.41, 5.74) is 0. The molecule has 1 fully saturated rings. The van der Waals surface area contributed by atoms with Gasteiger partial charge >= 0.3 is 5.97 Å². The number of ether oxygens (including phenoxy) is 1. The smallest absolute Gasteiger partial charge is 0.338 e. The molecule has 0 spiro atoms. The molecule has 1 rings (SSSR count). The van der Waals surface area contributed by atoms with E-state index in [1.165, 1.54) is 6.92 Å². The summed E-state index contributed by atoms with van der Waals surface area (Å²) < 4.78 is 4.32. The number of aliphatic hydroxyl groups excluding tert-OH is 3. The molecule has 0 radical (unpaired) electrons. The number of aliphatic hydroxyl groups is 3. The number of carbonyl (C=O) groups is 2. The minimum Gasteiger partial charge on any atom is -0.876 e. The molecule has 4 atom stereocenters. The molecule has 0 aromatic rings. The highest BCUT2D eigenvalue weighted by Crippen LogP contribution is 2.17. The fourth-order valence-electron chi connectivity index (χ4n) is 0.942. The van der Waals surface area contributed by atoms with Gasteiger partial charge in [0.25, 0.3) is 0 Å². The van der Waals surface area contributed by atoms with Gasteiger partial charge in [-0.15, -0.1) is 12.3 Å². The third-order valence-corrected chi connectivity index (χ3v) is 1.63. The van der Waals surface area contributed by atoms with Crippen molar-refractivity contribution in [1.29, 1.82) is 0 Å². The van der Waals surface area contributed by atoms with E-state index in [0.29, 0.717) is 0 Å². The van der Waals surface area contributed by atoms with Crippen LogP contribution in [0.4, 0.5) is 0 Å². The van der Waals surface area contributed by atoms with Gasteiger partial charge in [0.05, 0.1) is 0 Å². The minimum atomic E-state index is -1.68. The normalized spacial score (nSPS) is 29.8. The second kappa shape index (κ2) is 6.21. The van der Waals surface area contributed by atoms with Crippen LogP contribution >= 0.6 is 0 Å². The maximum Gasteiger partial charge on any atom is 0.338 e. The fraction of sp³-hybridized carbons (Fsp3) is 0.556. The van der Waals surface area contributed by atoms with E-state index >= 15 is 0 Å². The molecule has 1 saturated heterocycles. The molecular formula is C9H13O7-. The van der Waals surface area contributed by atoms with Crippen molar-refractivity contribution >= 4 is 12.3 Å². The van der Waals surface area contributed by atoms with Gasteiger partial charge < -0.3 is 30.0 Å². The van der Waals surface area contributed by atoms with Crippen molar-refractivity contribution in [2.24, 2.45) is 0 Å². The molecule has 7 heteroatoms. The Hall–Kier alpha value is -1.44. The summed E-state index contributed by atoms with van der Waals surface area (Å²) in [6.45, 7) is 4.42. The van der Waals surface area contributed by atoms with E-state index in [4.69, 9.17) is 15.3 Å². The van der Waals surface area contributed by atoms with Crippen LogP contribution in [0.15, 0.2) is 12.3 Å². The van der Waals surface area contributed by atoms with Crippen LogP contribution in [0.3, 0.4) is 0 Å². The molecule has 0 bridgehead atoms. The van der Waals surface area contributed by atoms with Gasteiger partial charge in [-0.25, -0.2) is 4.79 Å². The van der Waals surface area contributed by atoms with Gasteiger partial charge in [0.2, 0.25) is 0 Å². The summed E-state index contributed by atoms with van der Waals surface area (Å²) in [5.74, 6) is -1.12. The Balaban J connectivity index is 0.000000487. The van der Waals surface area contributed by atoms with Crippen LogP contribution in [0.25, 0.3) is 0 Å². The first kappa shape index (κ1) is 14.6. The van der Waals surface area contributed by atoms with Crippen LogP contribution < -0.4 is 5.11 Å². The van der Waals surface area contributed by atoms with Crippen molar-refractivity contribution in [3.05, 3.63) is 12.3 Å². The predicted octanol–water partition coefficient (Wildman–Crippen LogP) is -2.93. The lowest BCUT2D eigenvalue weighted by Crippen LogP contribution is -2.39. The summed E-state index contributed by atoms with van der Waals surface area (Å²) in [5, 5.41) is 36.0. The van der Waals surface area contributed by atoms with Gasteiger partial charge in [0.15, 0.2) is 18.5 Å². The molecular weight excluding hydrogens is 220 g/mol. The maximum absolute atomic E-state index is 10.6. The minimum absolute atomic E-state index is 0.0833. The molecule has 0 saturated carbocycles. The predicted molar refractivity (Wildman–Crippen MR) is 48.8 cm³/mol. The quantitative estimate of drug-likeness (QED) is 0.265. The van der Waals surface area contributed by atoms with Crippen LogP contribution in [0.1, 0.15) is 6.92 Å². The largest absolute Gasteiger partial charge is 0.876 e. The Labute approximate surface area is 91.6 Å². The highest BCUT2D eigenvalue weighted by molar-refractivity contribution is 5.78. The second-order valence-electron chi connectivity index (χ2n) is 3.17. The zero-order valence-corrected chi connectivity index (χ0v) is 8.57. The molecule has 7 nitrogen and oxygen atoms in total. The molecule has 1 aliphatic heterocycles. The SMILES string of the molecule is C=C(C)[O-].O=C[C@H](O)[C@H]1OC(=O)[C@@H](O)[C@H]1O. The Kier molecular flexibility index (Phi) is 5.65. The second-order valence-corrected chi connectivity index (χ2v) is 3.17. The van der Waals surface area contributed by atoms with E-state index < -0.39 is 30.4 Å². The maximum atomic E-state index is 10.6. The third-order valence-electron chi connectivity index (χ3n) is 1.63. The molecule has 1 aliphatic rings. The van der Waals surface area contributed by atoms with Gasteiger partial charge in [-0.1, -0.05) is 6.92 Å². The Morgan fingerprint density at radius 2 is 2.06 bits per heavy atom. The van der Waals surface area contributed by atoms with Crippen molar-refractivity contribution in [3.8, 4) is 0 Å². The van der Waals surface area contributed by atoms with E-state index in [1.54, 1.807) is 0 Å². The number of hydrogen-bond donors (Lipinski definition) is 3. The van der Waals surface area contributed by atoms with Crippen molar-refractivity contribution in [1.82, 2.24) is 0 Å². The lowest BCUT2D eigenvalue weighted by molar-refractivity contribution is -0.300. The van der Waals surface area contributed by atoms with Crippen molar-refractivity contribution in [2.45, 2.75) is 31.3 Å². The van der Waals surface area contributed by atoms with Gasteiger partial charge in [-0.2, -0.15) is 0 Å². The first-order chi connectivity index (χ1) is 7.31. The van der Waals surface area contributed by atoms with Gasteiger partial charge in [-0.3, -0.25) is 0 Å². The highest BCUT2D eigenvalue weighted by atomic mass is 16.6. The number of aldehydes is 1. The van der Waals surface area contributed by atoms with Gasteiger partial charge in [-0.05, 0) is 0 Å². The zero-order valence-electron chi connectivity index (χ0n) is 8.57. The lowest BCUT2D eigenvalue weighted by Gasteiger charge is -2.14. The van der Waals surface area contributed by atoms with Crippen molar-refractivity contribution < 1.29 is 34.8 Å². The van der Waals surface area contributed by atoms with Crippen LogP contribution in [-0.4, -0.2) is 52.0 Å². The number of esters is 1. The average Bonchev–Trinajstić information content (AvgIpc) is 2.44. The average molecular weight is 233 g/mol. The summed E-state index contributed by atoms with van der Waals surface area (Å²) in [7, 11) is 0. The number of hydrogen-bond acceptors (Lipinski definition) is 7. The Morgan fingerprint density at radius 1 is 1.62 bits per heavy atom. The third kappa shape index (κ3) is 3.97. The van der Waals surface area contributed by atoms with Crippen LogP contribution in [0.2, 0.25) is 0 Å². The molecule has 1 heterocycles. The van der Waals surface area contributed by atoms with Crippen molar-refractivity contribution in [2.75, 3.05) is 0 Å². The summed E-state index contributed by atoms with van der Waals surface area (Å²) in [4.78, 5) is 20.6. The van der Waals surface area contributed by atoms with Gasteiger partial charge in [0, 0.05) is 0 Å². The summed E-state index contributed by atoms with van der Waals surface area (Å²) in [6, 6.07) is 0. The first-order valence-electron chi connectivity index (χ1n) is 4.33. The molecule has 0 unspecified atom stereocenters. The lowest BCUT2D eigenvalue weighted by atomic mass is 10.1.